The highest BCUT2D eigenvalue weighted by molar-refractivity contribution is 5.28. The number of nitrogens with one attached hydrogen (secondary N) is 1. The van der Waals surface area contributed by atoms with Crippen molar-refractivity contribution in [1.29, 1.82) is 0 Å². The van der Waals surface area contributed by atoms with E-state index in [1.165, 1.54) is 44.1 Å². The van der Waals surface area contributed by atoms with Gasteiger partial charge in [0, 0.05) is 5.54 Å². The number of benzene rings is 1. The molecule has 0 amide bonds. The predicted octanol–water partition coefficient (Wildman–Crippen LogP) is 5.40. The molecular formula is C22H33NO. The first-order valence-electron chi connectivity index (χ1n) is 9.99. The average Bonchev–Trinajstić information content (AvgIpc) is 2.94. The topological polar surface area (TPSA) is 21.3 Å². The number of ether oxygens (including phenoxy) is 1. The first-order valence-corrected chi connectivity index (χ1v) is 9.99. The standard InChI is InChI=1S/C22H33NO/c1-15-4-5-20-13-19(11-10-18(20)12-15)16-6-8-17(9-7-16)21-23-22(2,3)14-24-21/h6-9,15,18-21,23H,4-5,10-14H2,1-3H3/t15?,18-,19-,20-,21?/m1/s1. The maximum absolute atomic E-state index is 5.91. The molecule has 3 fully saturated rings. The van der Waals surface area contributed by atoms with Crippen molar-refractivity contribution in [3.05, 3.63) is 35.4 Å². The molecule has 3 aliphatic rings. The van der Waals surface area contributed by atoms with Crippen LogP contribution in [0, 0.1) is 17.8 Å². The highest BCUT2D eigenvalue weighted by atomic mass is 16.5. The molecule has 24 heavy (non-hydrogen) atoms. The lowest BCUT2D eigenvalue weighted by Gasteiger charge is -2.41. The van der Waals surface area contributed by atoms with E-state index in [2.05, 4.69) is 50.4 Å². The van der Waals surface area contributed by atoms with E-state index in [9.17, 15) is 0 Å². The summed E-state index contributed by atoms with van der Waals surface area (Å²) in [4.78, 5) is 0. The molecule has 2 saturated carbocycles. The van der Waals surface area contributed by atoms with Crippen LogP contribution >= 0.6 is 0 Å². The van der Waals surface area contributed by atoms with Crippen molar-refractivity contribution in [3.8, 4) is 0 Å². The Morgan fingerprint density at radius 1 is 0.917 bits per heavy atom. The summed E-state index contributed by atoms with van der Waals surface area (Å²) in [6, 6.07) is 9.29. The molecule has 2 heteroatoms. The quantitative estimate of drug-likeness (QED) is 0.785. The largest absolute Gasteiger partial charge is 0.357 e. The van der Waals surface area contributed by atoms with E-state index in [1.807, 2.05) is 0 Å². The second-order valence-corrected chi connectivity index (χ2v) is 9.33. The van der Waals surface area contributed by atoms with Crippen molar-refractivity contribution in [2.45, 2.75) is 77.0 Å². The van der Waals surface area contributed by atoms with Crippen molar-refractivity contribution in [2.24, 2.45) is 17.8 Å². The summed E-state index contributed by atoms with van der Waals surface area (Å²) in [5.74, 6) is 3.75. The molecular weight excluding hydrogens is 294 g/mol. The Labute approximate surface area is 147 Å². The number of hydrogen-bond acceptors (Lipinski definition) is 2. The van der Waals surface area contributed by atoms with Crippen LogP contribution < -0.4 is 5.32 Å². The third-order valence-corrected chi connectivity index (χ3v) is 6.72. The summed E-state index contributed by atoms with van der Waals surface area (Å²) in [5, 5.41) is 3.56. The van der Waals surface area contributed by atoms with Gasteiger partial charge in [0.25, 0.3) is 0 Å². The van der Waals surface area contributed by atoms with Crippen LogP contribution in [0.4, 0.5) is 0 Å². The van der Waals surface area contributed by atoms with Gasteiger partial charge in [-0.3, -0.25) is 5.32 Å². The monoisotopic (exact) mass is 327 g/mol. The summed E-state index contributed by atoms with van der Waals surface area (Å²) in [6.07, 6.45) is 8.72. The minimum Gasteiger partial charge on any atom is -0.357 e. The summed E-state index contributed by atoms with van der Waals surface area (Å²) in [7, 11) is 0. The minimum absolute atomic E-state index is 0.0598. The Hall–Kier alpha value is -0.860. The van der Waals surface area contributed by atoms with Crippen molar-refractivity contribution >= 4 is 0 Å². The maximum Gasteiger partial charge on any atom is 0.134 e. The summed E-state index contributed by atoms with van der Waals surface area (Å²) in [5.41, 5.74) is 2.90. The Morgan fingerprint density at radius 2 is 1.58 bits per heavy atom. The molecule has 0 radical (unpaired) electrons. The molecule has 1 aromatic carbocycles. The van der Waals surface area contributed by atoms with Gasteiger partial charge in [0.05, 0.1) is 6.61 Å². The molecule has 1 saturated heterocycles. The molecule has 0 aromatic heterocycles. The van der Waals surface area contributed by atoms with Gasteiger partial charge in [0.1, 0.15) is 6.23 Å². The van der Waals surface area contributed by atoms with Gasteiger partial charge < -0.3 is 4.74 Å². The zero-order chi connectivity index (χ0) is 16.7. The minimum atomic E-state index is 0.0598. The Bertz CT molecular complexity index is 564. The lowest BCUT2D eigenvalue weighted by atomic mass is 9.64. The molecule has 2 aliphatic carbocycles. The third kappa shape index (κ3) is 3.41. The lowest BCUT2D eigenvalue weighted by Crippen LogP contribution is -2.35. The summed E-state index contributed by atoms with van der Waals surface area (Å²) >= 11 is 0. The highest BCUT2D eigenvalue weighted by Crippen LogP contribution is 2.47. The third-order valence-electron chi connectivity index (χ3n) is 6.72. The maximum atomic E-state index is 5.91. The average molecular weight is 328 g/mol. The zero-order valence-corrected chi connectivity index (χ0v) is 15.6. The smallest absolute Gasteiger partial charge is 0.134 e. The van der Waals surface area contributed by atoms with E-state index >= 15 is 0 Å². The first-order chi connectivity index (χ1) is 11.5. The predicted molar refractivity (Wildman–Crippen MR) is 98.9 cm³/mol. The van der Waals surface area contributed by atoms with Gasteiger partial charge in [-0.2, -0.15) is 0 Å². The molecule has 4 rings (SSSR count). The second-order valence-electron chi connectivity index (χ2n) is 9.33. The van der Waals surface area contributed by atoms with Gasteiger partial charge in [0.2, 0.25) is 0 Å². The Balaban J connectivity index is 1.40. The van der Waals surface area contributed by atoms with E-state index in [0.29, 0.717) is 0 Å². The first kappa shape index (κ1) is 16.6. The van der Waals surface area contributed by atoms with Crippen LogP contribution in [-0.4, -0.2) is 12.1 Å². The molecule has 0 bridgehead atoms. The van der Waals surface area contributed by atoms with Crippen molar-refractivity contribution < 1.29 is 4.74 Å². The molecule has 5 atom stereocenters. The number of fused-ring (bicyclic) bond motifs is 1. The molecule has 1 N–H and O–H groups in total. The van der Waals surface area contributed by atoms with E-state index in [4.69, 9.17) is 4.74 Å². The van der Waals surface area contributed by atoms with Crippen LogP contribution in [0.2, 0.25) is 0 Å². The molecule has 1 aliphatic heterocycles. The number of hydrogen-bond donors (Lipinski definition) is 1. The molecule has 1 aromatic rings. The van der Waals surface area contributed by atoms with Crippen LogP contribution in [0.5, 0.6) is 0 Å². The Kier molecular flexibility index (Phi) is 4.47. The van der Waals surface area contributed by atoms with Gasteiger partial charge in [-0.15, -0.1) is 0 Å². The van der Waals surface area contributed by atoms with Crippen molar-refractivity contribution in [1.82, 2.24) is 5.32 Å². The Morgan fingerprint density at radius 3 is 2.29 bits per heavy atom. The van der Waals surface area contributed by atoms with E-state index in [0.717, 1.165) is 30.3 Å². The molecule has 2 nitrogen and oxygen atoms in total. The van der Waals surface area contributed by atoms with Gasteiger partial charge in [0.15, 0.2) is 0 Å². The van der Waals surface area contributed by atoms with Crippen molar-refractivity contribution in [2.75, 3.05) is 6.61 Å². The van der Waals surface area contributed by atoms with Crippen LogP contribution in [0.3, 0.4) is 0 Å². The van der Waals surface area contributed by atoms with E-state index in [1.54, 1.807) is 5.56 Å². The molecule has 0 spiro atoms. The zero-order valence-electron chi connectivity index (χ0n) is 15.6. The summed E-state index contributed by atoms with van der Waals surface area (Å²) in [6.45, 7) is 7.63. The van der Waals surface area contributed by atoms with Crippen LogP contribution in [-0.2, 0) is 4.74 Å². The van der Waals surface area contributed by atoms with Crippen LogP contribution in [0.15, 0.2) is 24.3 Å². The molecule has 132 valence electrons. The molecule has 2 unspecified atom stereocenters. The van der Waals surface area contributed by atoms with Gasteiger partial charge in [-0.1, -0.05) is 37.6 Å². The molecule has 1 heterocycles. The second kappa shape index (κ2) is 6.46. The highest BCUT2D eigenvalue weighted by Gasteiger charge is 2.35. The number of rotatable bonds is 2. The van der Waals surface area contributed by atoms with E-state index in [-0.39, 0.29) is 11.8 Å². The van der Waals surface area contributed by atoms with Gasteiger partial charge in [-0.05, 0) is 80.8 Å². The normalized spacial score (nSPS) is 38.7. The fraction of sp³-hybridized carbons (Fsp3) is 0.727. The van der Waals surface area contributed by atoms with Crippen LogP contribution in [0.1, 0.15) is 82.6 Å². The van der Waals surface area contributed by atoms with Gasteiger partial charge >= 0.3 is 0 Å². The summed E-state index contributed by atoms with van der Waals surface area (Å²) < 4.78 is 5.91. The van der Waals surface area contributed by atoms with Crippen molar-refractivity contribution in [3.63, 3.8) is 0 Å². The lowest BCUT2D eigenvalue weighted by molar-refractivity contribution is 0.0988. The SMILES string of the molecule is CC1CC[C@@H]2C[C@H](c3ccc(C4NC(C)(C)CO4)cc3)CC[C@@H]2C1. The van der Waals surface area contributed by atoms with E-state index < -0.39 is 0 Å². The van der Waals surface area contributed by atoms with Crippen LogP contribution in [0.25, 0.3) is 0 Å². The van der Waals surface area contributed by atoms with Gasteiger partial charge in [-0.25, -0.2) is 0 Å². The fourth-order valence-electron chi connectivity index (χ4n) is 5.28. The fourth-order valence-corrected chi connectivity index (χ4v) is 5.28.